The number of hydrogen-bond acceptors (Lipinski definition) is 6. The van der Waals surface area contributed by atoms with Gasteiger partial charge in [0.2, 0.25) is 5.91 Å². The van der Waals surface area contributed by atoms with Gasteiger partial charge in [-0.2, -0.15) is 0 Å². The number of carbonyl (C=O) groups excluding carboxylic acids is 3. The Kier molecular flexibility index (Phi) is 8.29. The van der Waals surface area contributed by atoms with Gasteiger partial charge in [0.1, 0.15) is 30.8 Å². The fraction of sp³-hybridized carbons (Fsp3) is 0.400. The Morgan fingerprint density at radius 3 is 2.45 bits per heavy atom. The zero-order valence-corrected chi connectivity index (χ0v) is 19.2. The summed E-state index contributed by atoms with van der Waals surface area (Å²) in [6, 6.07) is 14.0. The largest absolute Gasteiger partial charge is 0.490 e. The Labute approximate surface area is 193 Å². The molecule has 1 aliphatic rings. The molecular formula is C25H30N2O6. The molecule has 1 fully saturated rings. The molecule has 3 rings (SSSR count). The Bertz CT molecular complexity index is 958. The molecular weight excluding hydrogens is 424 g/mol. The van der Waals surface area contributed by atoms with Crippen molar-refractivity contribution in [2.45, 2.75) is 39.3 Å². The lowest BCUT2D eigenvalue weighted by molar-refractivity contribution is -0.154. The lowest BCUT2D eigenvalue weighted by Gasteiger charge is -2.36. The molecule has 2 aromatic carbocycles. The van der Waals surface area contributed by atoms with Gasteiger partial charge >= 0.3 is 5.97 Å². The van der Waals surface area contributed by atoms with Crippen LogP contribution in [-0.2, 0) is 19.1 Å². The molecule has 1 heterocycles. The molecule has 1 saturated heterocycles. The quantitative estimate of drug-likeness (QED) is 0.462. The van der Waals surface area contributed by atoms with Crippen molar-refractivity contribution in [2.24, 2.45) is 0 Å². The number of amides is 2. The molecule has 176 valence electrons. The third-order valence-corrected chi connectivity index (χ3v) is 5.38. The number of nitrogens with one attached hydrogen (secondary N) is 1. The summed E-state index contributed by atoms with van der Waals surface area (Å²) < 4.78 is 16.7. The molecule has 8 nitrogen and oxygen atoms in total. The third kappa shape index (κ3) is 6.47. The minimum Gasteiger partial charge on any atom is -0.490 e. The van der Waals surface area contributed by atoms with Crippen molar-refractivity contribution >= 4 is 17.8 Å². The summed E-state index contributed by atoms with van der Waals surface area (Å²) in [7, 11) is 0. The van der Waals surface area contributed by atoms with Crippen LogP contribution in [0.5, 0.6) is 11.5 Å². The van der Waals surface area contributed by atoms with Gasteiger partial charge in [-0.25, -0.2) is 0 Å². The van der Waals surface area contributed by atoms with Crippen LogP contribution in [0.3, 0.4) is 0 Å². The molecule has 1 aliphatic heterocycles. The lowest BCUT2D eigenvalue weighted by atomic mass is 10.1. The topological polar surface area (TPSA) is 94.2 Å². The Balaban J connectivity index is 1.56. The van der Waals surface area contributed by atoms with Crippen molar-refractivity contribution in [1.29, 1.82) is 0 Å². The lowest BCUT2D eigenvalue weighted by Crippen LogP contribution is -2.60. The molecule has 0 aliphatic carbocycles. The van der Waals surface area contributed by atoms with Crippen molar-refractivity contribution in [2.75, 3.05) is 26.3 Å². The third-order valence-electron chi connectivity index (χ3n) is 5.38. The number of hydrogen-bond donors (Lipinski definition) is 1. The molecule has 0 aromatic heterocycles. The van der Waals surface area contributed by atoms with Crippen molar-refractivity contribution in [3.05, 3.63) is 59.7 Å². The average Bonchev–Trinajstić information content (AvgIpc) is 2.80. The monoisotopic (exact) mass is 454 g/mol. The normalized spacial score (nSPS) is 16.5. The van der Waals surface area contributed by atoms with Crippen LogP contribution in [0, 0.1) is 13.8 Å². The summed E-state index contributed by atoms with van der Waals surface area (Å²) in [6.45, 7) is 6.31. The van der Waals surface area contributed by atoms with Crippen LogP contribution in [0.15, 0.2) is 48.5 Å². The first-order valence-corrected chi connectivity index (χ1v) is 11.0. The van der Waals surface area contributed by atoms with E-state index < -0.39 is 18.1 Å². The second-order valence-corrected chi connectivity index (χ2v) is 7.91. The van der Waals surface area contributed by atoms with Crippen molar-refractivity contribution < 1.29 is 28.6 Å². The number of nitrogens with zero attached hydrogens (tertiary/aromatic N) is 1. The first kappa shape index (κ1) is 24.1. The average molecular weight is 455 g/mol. The molecule has 8 heteroatoms. The number of para-hydroxylation sites is 2. The number of aryl methyl sites for hydroxylation is 2. The molecule has 2 atom stereocenters. The fourth-order valence-corrected chi connectivity index (χ4v) is 3.68. The Morgan fingerprint density at radius 1 is 1.06 bits per heavy atom. The van der Waals surface area contributed by atoms with Crippen LogP contribution in [0.25, 0.3) is 0 Å². The van der Waals surface area contributed by atoms with E-state index in [9.17, 15) is 14.4 Å². The zero-order valence-electron chi connectivity index (χ0n) is 19.2. The maximum atomic E-state index is 13.1. The van der Waals surface area contributed by atoms with Gasteiger partial charge in [-0.05, 0) is 44.0 Å². The van der Waals surface area contributed by atoms with Crippen molar-refractivity contribution in [3.63, 3.8) is 0 Å². The Morgan fingerprint density at radius 2 is 1.76 bits per heavy atom. The maximum absolute atomic E-state index is 13.1. The summed E-state index contributed by atoms with van der Waals surface area (Å²) in [6.07, 6.45) is -1.05. The predicted octanol–water partition coefficient (Wildman–Crippen LogP) is 2.41. The van der Waals surface area contributed by atoms with E-state index in [1.54, 1.807) is 19.1 Å². The molecule has 1 N–H and O–H groups in total. The van der Waals surface area contributed by atoms with Gasteiger partial charge in [-0.15, -0.1) is 0 Å². The van der Waals surface area contributed by atoms with E-state index >= 15 is 0 Å². The molecule has 0 radical (unpaired) electrons. The predicted molar refractivity (Wildman–Crippen MR) is 122 cm³/mol. The van der Waals surface area contributed by atoms with Crippen molar-refractivity contribution in [3.8, 4) is 11.5 Å². The molecule has 0 bridgehead atoms. The smallest absolute Gasteiger partial charge is 0.308 e. The standard InChI is InChI=1S/C25H30N2O6/c1-17-8-7-9-18(2)23(17)33-19(3)25(30)27-13-12-26-24(29)21(27)16-22(28)32-15-14-31-20-10-5-4-6-11-20/h4-11,19,21H,12-16H2,1-3H3,(H,26,29). The van der Waals surface area contributed by atoms with E-state index in [0.717, 1.165) is 11.1 Å². The first-order valence-electron chi connectivity index (χ1n) is 11.0. The Hall–Kier alpha value is -3.55. The molecule has 0 spiro atoms. The van der Waals surface area contributed by atoms with Gasteiger partial charge in [-0.1, -0.05) is 36.4 Å². The molecule has 2 aromatic rings. The van der Waals surface area contributed by atoms with Gasteiger partial charge in [0, 0.05) is 13.1 Å². The van der Waals surface area contributed by atoms with E-state index in [0.29, 0.717) is 24.6 Å². The highest BCUT2D eigenvalue weighted by molar-refractivity contribution is 5.93. The summed E-state index contributed by atoms with van der Waals surface area (Å²) in [5, 5.41) is 2.71. The highest BCUT2D eigenvalue weighted by Gasteiger charge is 2.37. The maximum Gasteiger partial charge on any atom is 0.308 e. The minimum absolute atomic E-state index is 0.0437. The van der Waals surface area contributed by atoms with Crippen LogP contribution in [-0.4, -0.2) is 61.1 Å². The minimum atomic E-state index is -0.946. The molecule has 2 unspecified atom stereocenters. The van der Waals surface area contributed by atoms with Crippen LogP contribution in [0.4, 0.5) is 0 Å². The number of piperazine rings is 1. The summed E-state index contributed by atoms with van der Waals surface area (Å²) >= 11 is 0. The number of carbonyl (C=O) groups is 3. The van der Waals surface area contributed by atoms with Crippen molar-refractivity contribution in [1.82, 2.24) is 10.2 Å². The number of rotatable bonds is 9. The van der Waals surface area contributed by atoms with E-state index in [2.05, 4.69) is 5.32 Å². The fourth-order valence-electron chi connectivity index (χ4n) is 3.68. The summed E-state index contributed by atoms with van der Waals surface area (Å²) in [5.41, 5.74) is 1.84. The van der Waals surface area contributed by atoms with Gasteiger partial charge in [0.25, 0.3) is 5.91 Å². The molecule has 0 saturated carbocycles. The highest BCUT2D eigenvalue weighted by atomic mass is 16.6. The van der Waals surface area contributed by atoms with Crippen LogP contribution < -0.4 is 14.8 Å². The second kappa shape index (κ2) is 11.4. The summed E-state index contributed by atoms with van der Waals surface area (Å²) in [5.74, 6) is 0.0166. The molecule has 2 amide bonds. The number of esters is 1. The van der Waals surface area contributed by atoms with Crippen LogP contribution in [0.1, 0.15) is 24.5 Å². The van der Waals surface area contributed by atoms with Gasteiger partial charge < -0.3 is 24.4 Å². The SMILES string of the molecule is Cc1cccc(C)c1OC(C)C(=O)N1CCNC(=O)C1CC(=O)OCCOc1ccccc1. The second-order valence-electron chi connectivity index (χ2n) is 7.91. The van der Waals surface area contributed by atoms with E-state index in [-0.39, 0.29) is 31.4 Å². The van der Waals surface area contributed by atoms with Gasteiger partial charge in [-0.3, -0.25) is 14.4 Å². The molecule has 33 heavy (non-hydrogen) atoms. The van der Waals surface area contributed by atoms with Crippen LogP contribution in [0.2, 0.25) is 0 Å². The number of benzene rings is 2. The van der Waals surface area contributed by atoms with E-state index in [4.69, 9.17) is 14.2 Å². The van der Waals surface area contributed by atoms with Gasteiger partial charge in [0.15, 0.2) is 6.10 Å². The highest BCUT2D eigenvalue weighted by Crippen LogP contribution is 2.24. The number of ether oxygens (including phenoxy) is 3. The first-order chi connectivity index (χ1) is 15.9. The zero-order chi connectivity index (χ0) is 23.8. The van der Waals surface area contributed by atoms with Gasteiger partial charge in [0.05, 0.1) is 6.42 Å². The van der Waals surface area contributed by atoms with E-state index in [1.165, 1.54) is 4.90 Å². The van der Waals surface area contributed by atoms with E-state index in [1.807, 2.05) is 50.2 Å². The summed E-state index contributed by atoms with van der Waals surface area (Å²) in [4.78, 5) is 39.4. The van der Waals surface area contributed by atoms with Crippen LogP contribution >= 0.6 is 0 Å².